The number of aliphatic imine (C=N–C) groups is 1. The van der Waals surface area contributed by atoms with Crippen molar-refractivity contribution >= 4 is 29.9 Å². The topological polar surface area (TPSA) is 68.9 Å². The summed E-state index contributed by atoms with van der Waals surface area (Å²) >= 11 is 0. The van der Waals surface area contributed by atoms with Crippen molar-refractivity contribution in [2.75, 3.05) is 46.8 Å². The molecule has 1 aromatic heterocycles. The van der Waals surface area contributed by atoms with Gasteiger partial charge in [-0.25, -0.2) is 4.98 Å². The predicted octanol–water partition coefficient (Wildman–Crippen LogP) is 1.21. The fraction of sp³-hybridized carbons (Fsp3) is 0.750. The first-order valence-corrected chi connectivity index (χ1v) is 8.29. The number of aryl methyl sites for hydroxylation is 2. The lowest BCUT2D eigenvalue weighted by atomic mass is 10.2. The Kier molecular flexibility index (Phi) is 8.99. The maximum atomic E-state index is 5.57. The first kappa shape index (κ1) is 21.2. The molecule has 0 radical (unpaired) electrons. The SMILES string of the molecule is CN=C(NCc1nc(C)c(C)o1)NCC(C)N1CCN(C)CC1.I. The van der Waals surface area contributed by atoms with Crippen LogP contribution in [-0.2, 0) is 6.54 Å². The molecule has 0 amide bonds. The van der Waals surface area contributed by atoms with E-state index in [1.54, 1.807) is 7.05 Å². The number of nitrogens with one attached hydrogen (secondary N) is 2. The first-order valence-electron chi connectivity index (χ1n) is 8.29. The number of aromatic nitrogens is 1. The lowest BCUT2D eigenvalue weighted by Gasteiger charge is -2.36. The third-order valence-electron chi connectivity index (χ3n) is 4.43. The fourth-order valence-electron chi connectivity index (χ4n) is 2.63. The summed E-state index contributed by atoms with van der Waals surface area (Å²) in [6, 6.07) is 0.480. The molecule has 8 heteroatoms. The van der Waals surface area contributed by atoms with Crippen LogP contribution >= 0.6 is 24.0 Å². The highest BCUT2D eigenvalue weighted by molar-refractivity contribution is 14.0. The molecular weight excluding hydrogens is 419 g/mol. The molecule has 2 rings (SSSR count). The highest BCUT2D eigenvalue weighted by Crippen LogP contribution is 2.07. The molecule has 0 aromatic carbocycles. The molecule has 0 saturated carbocycles. The standard InChI is InChI=1S/C16H30N6O.HI/c1-12(22-8-6-21(5)7-9-22)10-18-16(17-4)19-11-15-20-13(2)14(3)23-15;/h12H,6-11H2,1-5H3,(H2,17,18,19);1H. The maximum absolute atomic E-state index is 5.57. The summed E-state index contributed by atoms with van der Waals surface area (Å²) in [7, 11) is 3.96. The van der Waals surface area contributed by atoms with E-state index in [1.807, 2.05) is 13.8 Å². The normalized spacial score (nSPS) is 18.1. The van der Waals surface area contributed by atoms with Gasteiger partial charge in [-0.05, 0) is 27.8 Å². The third-order valence-corrected chi connectivity index (χ3v) is 4.43. The molecule has 2 N–H and O–H groups in total. The highest BCUT2D eigenvalue weighted by Gasteiger charge is 2.19. The average Bonchev–Trinajstić information content (AvgIpc) is 2.86. The van der Waals surface area contributed by atoms with Crippen molar-refractivity contribution in [1.29, 1.82) is 0 Å². The molecule has 1 fully saturated rings. The second-order valence-corrected chi connectivity index (χ2v) is 6.24. The van der Waals surface area contributed by atoms with Crippen LogP contribution in [0.3, 0.4) is 0 Å². The Bertz CT molecular complexity index is 505. The monoisotopic (exact) mass is 450 g/mol. The molecule has 1 aromatic rings. The van der Waals surface area contributed by atoms with Gasteiger partial charge in [0.05, 0.1) is 12.2 Å². The largest absolute Gasteiger partial charge is 0.444 e. The number of halogens is 1. The molecule has 0 aliphatic carbocycles. The van der Waals surface area contributed by atoms with E-state index < -0.39 is 0 Å². The number of rotatable bonds is 5. The van der Waals surface area contributed by atoms with Gasteiger partial charge in [-0.1, -0.05) is 0 Å². The van der Waals surface area contributed by atoms with Crippen LogP contribution in [0, 0.1) is 13.8 Å². The molecule has 24 heavy (non-hydrogen) atoms. The van der Waals surface area contributed by atoms with Crippen molar-refractivity contribution in [2.45, 2.75) is 33.4 Å². The zero-order valence-corrected chi connectivity index (χ0v) is 17.8. The Hall–Kier alpha value is -0.870. The fourth-order valence-corrected chi connectivity index (χ4v) is 2.63. The highest BCUT2D eigenvalue weighted by atomic mass is 127. The van der Waals surface area contributed by atoms with Gasteiger partial charge < -0.3 is 20.0 Å². The van der Waals surface area contributed by atoms with Gasteiger partial charge in [0.15, 0.2) is 5.96 Å². The zero-order chi connectivity index (χ0) is 16.8. The summed E-state index contributed by atoms with van der Waals surface area (Å²) in [5, 5.41) is 6.63. The lowest BCUT2D eigenvalue weighted by molar-refractivity contribution is 0.120. The van der Waals surface area contributed by atoms with Crippen LogP contribution in [0.1, 0.15) is 24.3 Å². The van der Waals surface area contributed by atoms with Crippen molar-refractivity contribution < 1.29 is 4.42 Å². The minimum Gasteiger partial charge on any atom is -0.444 e. The summed E-state index contributed by atoms with van der Waals surface area (Å²) in [5.74, 6) is 2.34. The number of hydrogen-bond acceptors (Lipinski definition) is 5. The van der Waals surface area contributed by atoms with Crippen LogP contribution in [0.15, 0.2) is 9.41 Å². The summed E-state index contributed by atoms with van der Waals surface area (Å²) in [5.41, 5.74) is 0.938. The quantitative estimate of drug-likeness (QED) is 0.400. The van der Waals surface area contributed by atoms with Gasteiger partial charge in [0.1, 0.15) is 5.76 Å². The van der Waals surface area contributed by atoms with Gasteiger partial charge in [0, 0.05) is 45.8 Å². The van der Waals surface area contributed by atoms with E-state index >= 15 is 0 Å². The van der Waals surface area contributed by atoms with E-state index in [9.17, 15) is 0 Å². The minimum absolute atomic E-state index is 0. The maximum Gasteiger partial charge on any atom is 0.214 e. The van der Waals surface area contributed by atoms with Gasteiger partial charge >= 0.3 is 0 Å². The van der Waals surface area contributed by atoms with E-state index in [2.05, 4.69) is 44.4 Å². The number of nitrogens with zero attached hydrogens (tertiary/aromatic N) is 4. The van der Waals surface area contributed by atoms with E-state index in [0.29, 0.717) is 18.5 Å². The molecule has 0 bridgehead atoms. The van der Waals surface area contributed by atoms with Gasteiger partial charge in [0.25, 0.3) is 0 Å². The van der Waals surface area contributed by atoms with Crippen molar-refractivity contribution in [3.05, 3.63) is 17.3 Å². The number of guanidine groups is 1. The van der Waals surface area contributed by atoms with Crippen LogP contribution in [0.4, 0.5) is 0 Å². The molecule has 1 unspecified atom stereocenters. The van der Waals surface area contributed by atoms with E-state index in [-0.39, 0.29) is 24.0 Å². The number of likely N-dealkylation sites (N-methyl/N-ethyl adjacent to an activating group) is 1. The second kappa shape index (κ2) is 10.2. The smallest absolute Gasteiger partial charge is 0.214 e. The molecule has 1 saturated heterocycles. The van der Waals surface area contributed by atoms with E-state index in [4.69, 9.17) is 4.42 Å². The summed E-state index contributed by atoms with van der Waals surface area (Å²) in [6.45, 7) is 12.1. The predicted molar refractivity (Wildman–Crippen MR) is 108 cm³/mol. The summed E-state index contributed by atoms with van der Waals surface area (Å²) in [4.78, 5) is 13.5. The van der Waals surface area contributed by atoms with Gasteiger partial charge in [0.2, 0.25) is 5.89 Å². The average molecular weight is 450 g/mol. The third kappa shape index (κ3) is 6.21. The molecule has 1 aliphatic heterocycles. The van der Waals surface area contributed by atoms with Crippen LogP contribution in [0.5, 0.6) is 0 Å². The van der Waals surface area contributed by atoms with Gasteiger partial charge in [-0.3, -0.25) is 9.89 Å². The summed E-state index contributed by atoms with van der Waals surface area (Å²) in [6.07, 6.45) is 0. The number of oxazole rings is 1. The Morgan fingerprint density at radius 1 is 1.25 bits per heavy atom. The van der Waals surface area contributed by atoms with Crippen molar-refractivity contribution in [1.82, 2.24) is 25.4 Å². The van der Waals surface area contributed by atoms with E-state index in [1.165, 1.54) is 0 Å². The Morgan fingerprint density at radius 3 is 2.46 bits per heavy atom. The van der Waals surface area contributed by atoms with Gasteiger partial charge in [-0.2, -0.15) is 0 Å². The molecule has 1 atom stereocenters. The van der Waals surface area contributed by atoms with Crippen LogP contribution < -0.4 is 10.6 Å². The molecular formula is C16H31IN6O. The second-order valence-electron chi connectivity index (χ2n) is 6.24. The van der Waals surface area contributed by atoms with Crippen LogP contribution in [-0.4, -0.2) is 73.6 Å². The minimum atomic E-state index is 0. The molecule has 1 aliphatic rings. The van der Waals surface area contributed by atoms with Crippen molar-refractivity contribution in [3.8, 4) is 0 Å². The van der Waals surface area contributed by atoms with Crippen LogP contribution in [0.25, 0.3) is 0 Å². The first-order chi connectivity index (χ1) is 11.0. The zero-order valence-electron chi connectivity index (χ0n) is 15.4. The Labute approximate surface area is 162 Å². The van der Waals surface area contributed by atoms with Crippen molar-refractivity contribution in [3.63, 3.8) is 0 Å². The Morgan fingerprint density at radius 2 is 1.92 bits per heavy atom. The molecule has 7 nitrogen and oxygen atoms in total. The number of hydrogen-bond donors (Lipinski definition) is 2. The molecule has 0 spiro atoms. The van der Waals surface area contributed by atoms with Gasteiger partial charge in [-0.15, -0.1) is 24.0 Å². The summed E-state index contributed by atoms with van der Waals surface area (Å²) < 4.78 is 5.57. The van der Waals surface area contributed by atoms with Crippen molar-refractivity contribution in [2.24, 2.45) is 4.99 Å². The Balaban J connectivity index is 0.00000288. The molecule has 2 heterocycles. The lowest BCUT2D eigenvalue weighted by Crippen LogP contribution is -2.52. The number of piperazine rings is 1. The van der Waals surface area contributed by atoms with Crippen LogP contribution in [0.2, 0.25) is 0 Å². The molecule has 138 valence electrons. The van der Waals surface area contributed by atoms with E-state index in [0.717, 1.165) is 50.1 Å².